The highest BCUT2D eigenvalue weighted by molar-refractivity contribution is 4.89. The van der Waals surface area contributed by atoms with E-state index >= 15 is 0 Å². The molecule has 0 fully saturated rings. The van der Waals surface area contributed by atoms with E-state index in [1.165, 1.54) is 0 Å². The largest absolute Gasteiger partial charge is 0.318 e. The Bertz CT molecular complexity index is 357. The number of likely N-dealkylation sites (N-methyl/N-ethyl adjacent to an activating group) is 1. The smallest absolute Gasteiger partial charge is 0.107 e. The lowest BCUT2D eigenvalue weighted by Gasteiger charge is -2.32. The summed E-state index contributed by atoms with van der Waals surface area (Å²) in [6.45, 7) is 16.8. The SMILES string of the molecule is CNCCN(CCNC(C)(C)C(C)N=O)CCNC(C)(C)C(C)N=O. The molecule has 0 aliphatic rings. The zero-order chi connectivity index (χ0) is 19.5. The number of hydrogen-bond acceptors (Lipinski definition) is 8. The highest BCUT2D eigenvalue weighted by Crippen LogP contribution is 2.12. The van der Waals surface area contributed by atoms with E-state index in [0.29, 0.717) is 0 Å². The van der Waals surface area contributed by atoms with Crippen molar-refractivity contribution in [3.63, 3.8) is 0 Å². The van der Waals surface area contributed by atoms with Crippen LogP contribution < -0.4 is 16.0 Å². The Kier molecular flexibility index (Phi) is 11.2. The van der Waals surface area contributed by atoms with Crippen LogP contribution in [-0.2, 0) is 0 Å². The van der Waals surface area contributed by atoms with Crippen molar-refractivity contribution in [2.45, 2.75) is 64.7 Å². The monoisotopic (exact) mass is 358 g/mol. The summed E-state index contributed by atoms with van der Waals surface area (Å²) in [7, 11) is 1.94. The van der Waals surface area contributed by atoms with Crippen molar-refractivity contribution in [3.05, 3.63) is 9.81 Å². The van der Waals surface area contributed by atoms with Gasteiger partial charge in [0.15, 0.2) is 0 Å². The van der Waals surface area contributed by atoms with E-state index in [1.54, 1.807) is 0 Å². The van der Waals surface area contributed by atoms with E-state index in [0.717, 1.165) is 39.3 Å². The summed E-state index contributed by atoms with van der Waals surface area (Å²) in [5, 5.41) is 16.3. The van der Waals surface area contributed by atoms with Gasteiger partial charge in [-0.2, -0.15) is 9.81 Å². The van der Waals surface area contributed by atoms with Crippen LogP contribution >= 0.6 is 0 Å². The van der Waals surface area contributed by atoms with Gasteiger partial charge in [0.1, 0.15) is 12.1 Å². The molecule has 8 nitrogen and oxygen atoms in total. The van der Waals surface area contributed by atoms with Crippen molar-refractivity contribution in [2.24, 2.45) is 10.4 Å². The molecule has 25 heavy (non-hydrogen) atoms. The van der Waals surface area contributed by atoms with Crippen LogP contribution in [0.2, 0.25) is 0 Å². The number of nitroso groups, excluding NO2 is 2. The lowest BCUT2D eigenvalue weighted by atomic mass is 9.97. The van der Waals surface area contributed by atoms with Crippen LogP contribution in [-0.4, -0.2) is 74.4 Å². The van der Waals surface area contributed by atoms with Crippen LogP contribution in [0.5, 0.6) is 0 Å². The zero-order valence-electron chi connectivity index (χ0n) is 17.1. The fourth-order valence-electron chi connectivity index (χ4n) is 2.24. The molecule has 0 aromatic heterocycles. The molecule has 3 N–H and O–H groups in total. The molecule has 0 bridgehead atoms. The standard InChI is InChI=1S/C17H38N6O2/c1-14(21-24)16(3,4)19-9-12-23(11-8-18-7)13-10-20-17(5,6)15(2)22-25/h14-15,18-20H,8-13H2,1-7H3. The summed E-state index contributed by atoms with van der Waals surface area (Å²) in [5.41, 5.74) is -0.635. The van der Waals surface area contributed by atoms with Crippen molar-refractivity contribution in [1.29, 1.82) is 0 Å². The Morgan fingerprint density at radius 3 is 1.48 bits per heavy atom. The van der Waals surface area contributed by atoms with Crippen molar-refractivity contribution >= 4 is 0 Å². The van der Waals surface area contributed by atoms with Gasteiger partial charge in [0.05, 0.1) is 0 Å². The lowest BCUT2D eigenvalue weighted by molar-refractivity contribution is 0.235. The zero-order valence-corrected chi connectivity index (χ0v) is 17.1. The van der Waals surface area contributed by atoms with E-state index in [1.807, 2.05) is 48.6 Å². The molecule has 2 atom stereocenters. The van der Waals surface area contributed by atoms with E-state index < -0.39 is 0 Å². The summed E-state index contributed by atoms with van der Waals surface area (Å²) in [6, 6.07) is -0.559. The first kappa shape index (κ1) is 24.0. The topological polar surface area (TPSA) is 98.2 Å². The third kappa shape index (κ3) is 9.34. The first-order valence-electron chi connectivity index (χ1n) is 9.12. The lowest BCUT2D eigenvalue weighted by Crippen LogP contribution is -2.52. The molecule has 0 rings (SSSR count). The minimum atomic E-state index is -0.318. The second-order valence-corrected chi connectivity index (χ2v) is 7.80. The van der Waals surface area contributed by atoms with Crippen molar-refractivity contribution in [1.82, 2.24) is 20.9 Å². The maximum Gasteiger partial charge on any atom is 0.107 e. The highest BCUT2D eigenvalue weighted by atomic mass is 16.3. The van der Waals surface area contributed by atoms with Crippen LogP contribution in [0, 0.1) is 9.81 Å². The fraction of sp³-hybridized carbons (Fsp3) is 1.00. The summed E-state index contributed by atoms with van der Waals surface area (Å²) in [5.74, 6) is 0. The Morgan fingerprint density at radius 1 is 0.800 bits per heavy atom. The minimum absolute atomic E-state index is 0.280. The second kappa shape index (κ2) is 11.6. The molecule has 148 valence electrons. The molecule has 0 aromatic carbocycles. The van der Waals surface area contributed by atoms with E-state index in [9.17, 15) is 9.81 Å². The Labute approximate surface area is 152 Å². The summed E-state index contributed by atoms with van der Waals surface area (Å²) in [6.07, 6.45) is 0. The van der Waals surface area contributed by atoms with Gasteiger partial charge in [0, 0.05) is 50.3 Å². The van der Waals surface area contributed by atoms with Gasteiger partial charge < -0.3 is 16.0 Å². The second-order valence-electron chi connectivity index (χ2n) is 7.80. The van der Waals surface area contributed by atoms with Crippen molar-refractivity contribution in [2.75, 3.05) is 46.3 Å². The third-order valence-electron chi connectivity index (χ3n) is 5.10. The molecule has 0 saturated heterocycles. The normalized spacial score (nSPS) is 15.2. The van der Waals surface area contributed by atoms with Crippen LogP contribution in [0.4, 0.5) is 0 Å². The molecular weight excluding hydrogens is 320 g/mol. The predicted molar refractivity (Wildman–Crippen MR) is 105 cm³/mol. The molecule has 0 aromatic rings. The van der Waals surface area contributed by atoms with Crippen molar-refractivity contribution in [3.8, 4) is 0 Å². The van der Waals surface area contributed by atoms with E-state index in [2.05, 4.69) is 31.2 Å². The number of nitrogens with zero attached hydrogens (tertiary/aromatic N) is 3. The first-order chi connectivity index (χ1) is 11.6. The number of rotatable bonds is 15. The molecular formula is C17H38N6O2. The maximum absolute atomic E-state index is 10.8. The minimum Gasteiger partial charge on any atom is -0.318 e. The average molecular weight is 359 g/mol. The van der Waals surface area contributed by atoms with Crippen LogP contribution in [0.15, 0.2) is 10.4 Å². The average Bonchev–Trinajstić information content (AvgIpc) is 2.57. The summed E-state index contributed by atoms with van der Waals surface area (Å²) in [4.78, 5) is 23.9. The predicted octanol–water partition coefficient (Wildman–Crippen LogP) is 1.55. The van der Waals surface area contributed by atoms with Gasteiger partial charge in [-0.1, -0.05) is 10.4 Å². The fourth-order valence-corrected chi connectivity index (χ4v) is 2.24. The first-order valence-corrected chi connectivity index (χ1v) is 9.12. The molecule has 0 aliphatic carbocycles. The summed E-state index contributed by atoms with van der Waals surface area (Å²) < 4.78 is 0. The van der Waals surface area contributed by atoms with Gasteiger partial charge in [0.25, 0.3) is 0 Å². The Balaban J connectivity index is 4.41. The molecule has 0 radical (unpaired) electrons. The summed E-state index contributed by atoms with van der Waals surface area (Å²) >= 11 is 0. The number of hydrogen-bond donors (Lipinski definition) is 3. The molecule has 0 aliphatic heterocycles. The van der Waals surface area contributed by atoms with Crippen LogP contribution in [0.1, 0.15) is 41.5 Å². The van der Waals surface area contributed by atoms with Gasteiger partial charge in [-0.3, -0.25) is 4.90 Å². The molecule has 0 saturated carbocycles. The molecule has 0 amide bonds. The van der Waals surface area contributed by atoms with Crippen molar-refractivity contribution < 1.29 is 0 Å². The Hall–Kier alpha value is -0.960. The molecule has 0 heterocycles. The quantitative estimate of drug-likeness (QED) is 0.384. The van der Waals surface area contributed by atoms with E-state index in [4.69, 9.17) is 0 Å². The van der Waals surface area contributed by atoms with Gasteiger partial charge in [-0.15, -0.1) is 0 Å². The number of nitrogens with one attached hydrogen (secondary N) is 3. The molecule has 0 spiro atoms. The third-order valence-corrected chi connectivity index (χ3v) is 5.10. The van der Waals surface area contributed by atoms with Crippen LogP contribution in [0.25, 0.3) is 0 Å². The molecule has 8 heteroatoms. The molecule has 2 unspecified atom stereocenters. The van der Waals surface area contributed by atoms with Gasteiger partial charge in [-0.05, 0) is 48.6 Å². The maximum atomic E-state index is 10.8. The Morgan fingerprint density at radius 2 is 1.16 bits per heavy atom. The van der Waals surface area contributed by atoms with Gasteiger partial charge >= 0.3 is 0 Å². The highest BCUT2D eigenvalue weighted by Gasteiger charge is 2.27. The van der Waals surface area contributed by atoms with Gasteiger partial charge in [-0.25, -0.2) is 0 Å². The van der Waals surface area contributed by atoms with E-state index in [-0.39, 0.29) is 23.2 Å². The van der Waals surface area contributed by atoms with Gasteiger partial charge in [0.2, 0.25) is 0 Å². The van der Waals surface area contributed by atoms with Crippen LogP contribution in [0.3, 0.4) is 0 Å².